The Morgan fingerprint density at radius 2 is 1.82 bits per heavy atom. The van der Waals surface area contributed by atoms with Crippen LogP contribution in [0.2, 0.25) is 0 Å². The van der Waals surface area contributed by atoms with Gasteiger partial charge in [0.05, 0.1) is 6.10 Å². The molecule has 0 unspecified atom stereocenters. The van der Waals surface area contributed by atoms with Crippen molar-refractivity contribution < 1.29 is 19.4 Å². The number of carboxylic acid groups (broad SMARTS) is 1. The minimum Gasteiger partial charge on any atom is -0.480 e. The van der Waals surface area contributed by atoms with Crippen molar-refractivity contribution in [2.24, 2.45) is 5.92 Å². The topological polar surface area (TPSA) is 66.8 Å². The molecular formula is C12H19NO4. The Morgan fingerprint density at radius 3 is 2.29 bits per heavy atom. The highest BCUT2D eigenvalue weighted by Gasteiger charge is 2.31. The number of rotatable bonds is 4. The Balaban J connectivity index is 1.70. The van der Waals surface area contributed by atoms with Gasteiger partial charge in [-0.25, -0.2) is 4.79 Å². The molecule has 2 fully saturated rings. The second-order valence-corrected chi connectivity index (χ2v) is 4.86. The van der Waals surface area contributed by atoms with Crippen LogP contribution in [0.15, 0.2) is 0 Å². The zero-order chi connectivity index (χ0) is 12.3. The van der Waals surface area contributed by atoms with Gasteiger partial charge in [0.1, 0.15) is 6.61 Å². The van der Waals surface area contributed by atoms with Crippen molar-refractivity contribution in [1.82, 2.24) is 4.90 Å². The first-order chi connectivity index (χ1) is 8.16. The molecule has 0 aromatic carbocycles. The van der Waals surface area contributed by atoms with E-state index in [0.29, 0.717) is 13.1 Å². The molecule has 0 aromatic rings. The maximum atomic E-state index is 11.9. The van der Waals surface area contributed by atoms with Crippen molar-refractivity contribution >= 4 is 11.9 Å². The number of piperidine rings is 1. The predicted octanol–water partition coefficient (Wildman–Crippen LogP) is 0.879. The highest BCUT2D eigenvalue weighted by atomic mass is 16.5. The summed E-state index contributed by atoms with van der Waals surface area (Å²) in [6.45, 7) is 1.18. The fourth-order valence-corrected chi connectivity index (χ4v) is 2.35. The first-order valence-corrected chi connectivity index (χ1v) is 6.29. The molecule has 0 aromatic heterocycles. The second-order valence-electron chi connectivity index (χ2n) is 4.86. The van der Waals surface area contributed by atoms with Gasteiger partial charge >= 0.3 is 5.97 Å². The SMILES string of the molecule is O=C(O)COC1CCN(C(=O)C2CCC2)CC1. The molecule has 0 spiro atoms. The Kier molecular flexibility index (Phi) is 3.99. The van der Waals surface area contributed by atoms with Crippen molar-refractivity contribution in [3.63, 3.8) is 0 Å². The van der Waals surface area contributed by atoms with E-state index in [1.807, 2.05) is 4.90 Å². The minimum atomic E-state index is -0.932. The van der Waals surface area contributed by atoms with Gasteiger partial charge in [0.15, 0.2) is 0 Å². The lowest BCUT2D eigenvalue weighted by Gasteiger charge is -2.36. The number of carbonyl (C=O) groups excluding carboxylic acids is 1. The van der Waals surface area contributed by atoms with Gasteiger partial charge in [-0.05, 0) is 25.7 Å². The van der Waals surface area contributed by atoms with E-state index < -0.39 is 5.97 Å². The van der Waals surface area contributed by atoms with Crippen molar-refractivity contribution in [2.75, 3.05) is 19.7 Å². The maximum absolute atomic E-state index is 11.9. The summed E-state index contributed by atoms with van der Waals surface area (Å²) in [5, 5.41) is 8.51. The van der Waals surface area contributed by atoms with Crippen molar-refractivity contribution in [3.05, 3.63) is 0 Å². The molecule has 1 heterocycles. The molecule has 1 saturated carbocycles. The monoisotopic (exact) mass is 241 g/mol. The number of aliphatic carboxylic acids is 1. The molecule has 5 nitrogen and oxygen atoms in total. The second kappa shape index (κ2) is 5.49. The number of nitrogens with zero attached hydrogens (tertiary/aromatic N) is 1. The molecule has 1 aliphatic heterocycles. The van der Waals surface area contributed by atoms with Crippen molar-refractivity contribution in [2.45, 2.75) is 38.2 Å². The zero-order valence-electron chi connectivity index (χ0n) is 9.93. The molecule has 1 amide bonds. The molecule has 2 aliphatic rings. The van der Waals surface area contributed by atoms with Crippen LogP contribution in [-0.2, 0) is 14.3 Å². The number of amides is 1. The van der Waals surface area contributed by atoms with Gasteiger partial charge in [-0.1, -0.05) is 6.42 Å². The normalized spacial score (nSPS) is 22.2. The fraction of sp³-hybridized carbons (Fsp3) is 0.833. The van der Waals surface area contributed by atoms with Crippen LogP contribution in [0, 0.1) is 5.92 Å². The highest BCUT2D eigenvalue weighted by Crippen LogP contribution is 2.29. The first-order valence-electron chi connectivity index (χ1n) is 6.29. The summed E-state index contributed by atoms with van der Waals surface area (Å²) in [7, 11) is 0. The largest absolute Gasteiger partial charge is 0.480 e. The van der Waals surface area contributed by atoms with E-state index in [4.69, 9.17) is 9.84 Å². The van der Waals surface area contributed by atoms with Crippen LogP contribution in [0.5, 0.6) is 0 Å². The summed E-state index contributed by atoms with van der Waals surface area (Å²) in [4.78, 5) is 24.2. The summed E-state index contributed by atoms with van der Waals surface area (Å²) in [6.07, 6.45) is 4.76. The zero-order valence-corrected chi connectivity index (χ0v) is 9.93. The smallest absolute Gasteiger partial charge is 0.329 e. The average Bonchev–Trinajstić information content (AvgIpc) is 2.24. The lowest BCUT2D eigenvalue weighted by Crippen LogP contribution is -2.45. The highest BCUT2D eigenvalue weighted by molar-refractivity contribution is 5.79. The molecule has 96 valence electrons. The molecule has 0 atom stereocenters. The van der Waals surface area contributed by atoms with Crippen LogP contribution >= 0.6 is 0 Å². The number of likely N-dealkylation sites (tertiary alicyclic amines) is 1. The van der Waals surface area contributed by atoms with E-state index in [9.17, 15) is 9.59 Å². The number of carbonyl (C=O) groups is 2. The van der Waals surface area contributed by atoms with Crippen molar-refractivity contribution in [3.8, 4) is 0 Å². The van der Waals surface area contributed by atoms with Gasteiger partial charge in [0.25, 0.3) is 0 Å². The lowest BCUT2D eigenvalue weighted by atomic mass is 9.84. The third-order valence-corrected chi connectivity index (χ3v) is 3.65. The van der Waals surface area contributed by atoms with Crippen LogP contribution in [0.4, 0.5) is 0 Å². The van der Waals surface area contributed by atoms with E-state index >= 15 is 0 Å². The maximum Gasteiger partial charge on any atom is 0.329 e. The third kappa shape index (κ3) is 3.19. The molecule has 2 rings (SSSR count). The molecule has 1 saturated heterocycles. The van der Waals surface area contributed by atoms with Crippen LogP contribution in [0.25, 0.3) is 0 Å². The predicted molar refractivity (Wildman–Crippen MR) is 60.5 cm³/mol. The molecular weight excluding hydrogens is 222 g/mol. The quantitative estimate of drug-likeness (QED) is 0.793. The molecule has 5 heteroatoms. The van der Waals surface area contributed by atoms with E-state index in [1.54, 1.807) is 0 Å². The van der Waals surface area contributed by atoms with Gasteiger partial charge in [-0.15, -0.1) is 0 Å². The van der Waals surface area contributed by atoms with Crippen LogP contribution in [-0.4, -0.2) is 47.7 Å². The molecule has 17 heavy (non-hydrogen) atoms. The lowest BCUT2D eigenvalue weighted by molar-refractivity contribution is -0.148. The van der Waals surface area contributed by atoms with E-state index in [0.717, 1.165) is 25.7 Å². The molecule has 1 aliphatic carbocycles. The summed E-state index contributed by atoms with van der Waals surface area (Å²) in [5.41, 5.74) is 0. The number of carboxylic acids is 1. The van der Waals surface area contributed by atoms with Gasteiger partial charge in [-0.2, -0.15) is 0 Å². The van der Waals surface area contributed by atoms with Crippen molar-refractivity contribution in [1.29, 1.82) is 0 Å². The van der Waals surface area contributed by atoms with Crippen LogP contribution in [0.3, 0.4) is 0 Å². The Hall–Kier alpha value is -1.10. The van der Waals surface area contributed by atoms with Gasteiger partial charge in [0.2, 0.25) is 5.91 Å². The Labute approximate surface area is 101 Å². The summed E-state index contributed by atoms with van der Waals surface area (Å²) >= 11 is 0. The minimum absolute atomic E-state index is 0.00320. The van der Waals surface area contributed by atoms with Gasteiger partial charge in [0, 0.05) is 19.0 Å². The van der Waals surface area contributed by atoms with Gasteiger partial charge in [-0.3, -0.25) is 4.79 Å². The summed E-state index contributed by atoms with van der Waals surface area (Å²) in [6, 6.07) is 0. The first kappa shape index (κ1) is 12.4. The Bertz CT molecular complexity index is 293. The molecule has 1 N–H and O–H groups in total. The van der Waals surface area contributed by atoms with E-state index in [-0.39, 0.29) is 24.5 Å². The van der Waals surface area contributed by atoms with Crippen LogP contribution in [0.1, 0.15) is 32.1 Å². The number of hydrogen-bond donors (Lipinski definition) is 1. The summed E-state index contributed by atoms with van der Waals surface area (Å²) < 4.78 is 5.24. The average molecular weight is 241 g/mol. The van der Waals surface area contributed by atoms with E-state index in [2.05, 4.69) is 0 Å². The molecule has 0 bridgehead atoms. The standard InChI is InChI=1S/C12H19NO4/c14-11(15)8-17-10-4-6-13(7-5-10)12(16)9-2-1-3-9/h9-10H,1-8H2,(H,14,15). The third-order valence-electron chi connectivity index (χ3n) is 3.65. The fourth-order valence-electron chi connectivity index (χ4n) is 2.35. The Morgan fingerprint density at radius 1 is 1.18 bits per heavy atom. The van der Waals surface area contributed by atoms with Crippen LogP contribution < -0.4 is 0 Å². The summed E-state index contributed by atoms with van der Waals surface area (Å²) in [5.74, 6) is -0.391. The van der Waals surface area contributed by atoms with Gasteiger partial charge < -0.3 is 14.7 Å². The molecule has 0 radical (unpaired) electrons. The number of hydrogen-bond acceptors (Lipinski definition) is 3. The number of ether oxygens (including phenoxy) is 1. The van der Waals surface area contributed by atoms with E-state index in [1.165, 1.54) is 6.42 Å².